The van der Waals surface area contributed by atoms with Crippen LogP contribution in [0, 0.1) is 11.8 Å². The fraction of sp³-hybridized carbons (Fsp3) is 0.529. The molecule has 1 amide bonds. The van der Waals surface area contributed by atoms with Crippen LogP contribution in [-0.2, 0) is 11.8 Å². The molecule has 0 atom stereocenters. The number of aryl methyl sites for hydroxylation is 1. The number of nitrogens with zero attached hydrogens (tertiary/aromatic N) is 2. The van der Waals surface area contributed by atoms with E-state index in [-0.39, 0.29) is 5.91 Å². The Morgan fingerprint density at radius 3 is 2.64 bits per heavy atom. The first kappa shape index (κ1) is 14.1. The van der Waals surface area contributed by atoms with E-state index in [0.717, 1.165) is 28.0 Å². The Hall–Kier alpha value is -1.49. The predicted octanol–water partition coefficient (Wildman–Crippen LogP) is 2.97. The maximum absolute atomic E-state index is 12.2. The number of carbonyl (C=O) groups excluding carboxylic acids is 1. The van der Waals surface area contributed by atoms with Crippen molar-refractivity contribution in [1.82, 2.24) is 14.9 Å². The van der Waals surface area contributed by atoms with Crippen LogP contribution in [0.3, 0.4) is 0 Å². The number of hydrogen-bond donors (Lipinski definition) is 1. The van der Waals surface area contributed by atoms with Crippen molar-refractivity contribution in [2.24, 2.45) is 18.9 Å². The summed E-state index contributed by atoms with van der Waals surface area (Å²) in [5.74, 6) is 2.10. The molecule has 0 bridgehead atoms. The number of rotatable bonds is 6. The zero-order valence-electron chi connectivity index (χ0n) is 12.8. The minimum atomic E-state index is 0.154. The summed E-state index contributed by atoms with van der Waals surface area (Å²) in [4.78, 5) is 16.9. The molecule has 4 nitrogen and oxygen atoms in total. The Labute approximate surface area is 134 Å². The van der Waals surface area contributed by atoms with Gasteiger partial charge < -0.3 is 9.88 Å². The van der Waals surface area contributed by atoms with Gasteiger partial charge in [0, 0.05) is 13.1 Å². The molecular weight excluding hydrogens is 294 g/mol. The molecule has 0 saturated heterocycles. The Bertz CT molecular complexity index is 691. The van der Waals surface area contributed by atoms with Gasteiger partial charge in [-0.1, -0.05) is 23.9 Å². The van der Waals surface area contributed by atoms with E-state index in [4.69, 9.17) is 0 Å². The third-order valence-electron chi connectivity index (χ3n) is 4.67. The quantitative estimate of drug-likeness (QED) is 0.834. The summed E-state index contributed by atoms with van der Waals surface area (Å²) in [6.07, 6.45) is 5.16. The zero-order chi connectivity index (χ0) is 15.1. The van der Waals surface area contributed by atoms with Gasteiger partial charge in [0.15, 0.2) is 5.16 Å². The summed E-state index contributed by atoms with van der Waals surface area (Å²) in [6, 6.07) is 8.51. The van der Waals surface area contributed by atoms with Crippen molar-refractivity contribution < 1.29 is 4.79 Å². The highest BCUT2D eigenvalue weighted by molar-refractivity contribution is 7.99. The number of aromatic nitrogens is 2. The average Bonchev–Trinajstić information content (AvgIpc) is 3.42. The van der Waals surface area contributed by atoms with E-state index in [1.807, 2.05) is 25.2 Å². The summed E-state index contributed by atoms with van der Waals surface area (Å²) in [5.41, 5.74) is 2.10. The normalized spacial score (nSPS) is 18.1. The Balaban J connectivity index is 1.38. The van der Waals surface area contributed by atoms with Crippen molar-refractivity contribution in [3.05, 3.63) is 24.3 Å². The Morgan fingerprint density at radius 2 is 2.00 bits per heavy atom. The predicted molar refractivity (Wildman–Crippen MR) is 88.8 cm³/mol. The number of amides is 1. The van der Waals surface area contributed by atoms with Crippen LogP contribution in [0.4, 0.5) is 0 Å². The SMILES string of the molecule is Cn1c(SCC(=O)NC(C2CC2)C2CC2)nc2ccccc21. The number of fused-ring (bicyclic) bond motifs is 1. The molecule has 0 radical (unpaired) electrons. The molecule has 0 spiro atoms. The van der Waals surface area contributed by atoms with Gasteiger partial charge in [0.25, 0.3) is 0 Å². The molecule has 2 aliphatic rings. The topological polar surface area (TPSA) is 46.9 Å². The molecule has 1 heterocycles. The third-order valence-corrected chi connectivity index (χ3v) is 5.70. The van der Waals surface area contributed by atoms with Gasteiger partial charge in [0.2, 0.25) is 5.91 Å². The van der Waals surface area contributed by atoms with E-state index in [1.165, 1.54) is 37.4 Å². The number of thioether (sulfide) groups is 1. The lowest BCUT2D eigenvalue weighted by atomic mass is 10.1. The van der Waals surface area contributed by atoms with Crippen LogP contribution >= 0.6 is 11.8 Å². The molecule has 5 heteroatoms. The second-order valence-corrected chi connectivity index (χ2v) is 7.44. The molecular formula is C17H21N3OS. The third kappa shape index (κ3) is 2.86. The Morgan fingerprint density at radius 1 is 1.32 bits per heavy atom. The molecule has 0 unspecified atom stereocenters. The lowest BCUT2D eigenvalue weighted by Crippen LogP contribution is -2.39. The van der Waals surface area contributed by atoms with Crippen LogP contribution in [0.25, 0.3) is 11.0 Å². The van der Waals surface area contributed by atoms with Crippen LogP contribution in [0.15, 0.2) is 29.4 Å². The number of imidazole rings is 1. The highest BCUT2D eigenvalue weighted by Gasteiger charge is 2.42. The molecule has 2 aliphatic carbocycles. The molecule has 2 aromatic rings. The number of para-hydroxylation sites is 2. The number of carbonyl (C=O) groups is 1. The summed E-state index contributed by atoms with van der Waals surface area (Å²) in [6.45, 7) is 0. The van der Waals surface area contributed by atoms with Gasteiger partial charge in [-0.25, -0.2) is 4.98 Å². The molecule has 1 aromatic heterocycles. The smallest absolute Gasteiger partial charge is 0.230 e. The fourth-order valence-corrected chi connectivity index (χ4v) is 3.94. The van der Waals surface area contributed by atoms with Gasteiger partial charge in [0.1, 0.15) is 0 Å². The second kappa shape index (κ2) is 5.61. The van der Waals surface area contributed by atoms with Crippen LogP contribution < -0.4 is 5.32 Å². The first-order chi connectivity index (χ1) is 10.7. The summed E-state index contributed by atoms with van der Waals surface area (Å²) >= 11 is 1.53. The molecule has 1 N–H and O–H groups in total. The second-order valence-electron chi connectivity index (χ2n) is 6.50. The van der Waals surface area contributed by atoms with E-state index in [1.54, 1.807) is 0 Å². The monoisotopic (exact) mass is 315 g/mol. The molecule has 0 aliphatic heterocycles. The summed E-state index contributed by atoms with van der Waals surface area (Å²) < 4.78 is 2.06. The van der Waals surface area contributed by atoms with Crippen molar-refractivity contribution in [3.63, 3.8) is 0 Å². The van der Waals surface area contributed by atoms with Gasteiger partial charge in [0.05, 0.1) is 16.8 Å². The van der Waals surface area contributed by atoms with E-state index in [9.17, 15) is 4.79 Å². The van der Waals surface area contributed by atoms with E-state index in [2.05, 4.69) is 20.9 Å². The highest BCUT2D eigenvalue weighted by atomic mass is 32.2. The van der Waals surface area contributed by atoms with Crippen LogP contribution in [0.1, 0.15) is 25.7 Å². The van der Waals surface area contributed by atoms with Crippen LogP contribution in [0.2, 0.25) is 0 Å². The largest absolute Gasteiger partial charge is 0.352 e. The van der Waals surface area contributed by atoms with Crippen molar-refractivity contribution in [1.29, 1.82) is 0 Å². The van der Waals surface area contributed by atoms with Gasteiger partial charge in [-0.15, -0.1) is 0 Å². The maximum atomic E-state index is 12.2. The Kier molecular flexibility index (Phi) is 3.60. The standard InChI is InChI=1S/C17H21N3OS/c1-20-14-5-3-2-4-13(14)18-17(20)22-10-15(21)19-16(11-6-7-11)12-8-9-12/h2-5,11-12,16H,6-10H2,1H3,(H,19,21). The number of benzene rings is 1. The first-order valence-corrected chi connectivity index (χ1v) is 9.04. The molecule has 116 valence electrons. The van der Waals surface area contributed by atoms with Gasteiger partial charge in [-0.2, -0.15) is 0 Å². The van der Waals surface area contributed by atoms with E-state index in [0.29, 0.717) is 11.8 Å². The van der Waals surface area contributed by atoms with Crippen molar-refractivity contribution in [3.8, 4) is 0 Å². The average molecular weight is 315 g/mol. The van der Waals surface area contributed by atoms with E-state index < -0.39 is 0 Å². The van der Waals surface area contributed by atoms with Crippen molar-refractivity contribution in [2.45, 2.75) is 36.9 Å². The summed E-state index contributed by atoms with van der Waals surface area (Å²) in [7, 11) is 2.01. The lowest BCUT2D eigenvalue weighted by Gasteiger charge is -2.17. The first-order valence-electron chi connectivity index (χ1n) is 8.06. The van der Waals surface area contributed by atoms with Crippen LogP contribution in [0.5, 0.6) is 0 Å². The molecule has 2 saturated carbocycles. The number of hydrogen-bond acceptors (Lipinski definition) is 3. The molecule has 1 aromatic carbocycles. The zero-order valence-corrected chi connectivity index (χ0v) is 13.6. The van der Waals surface area contributed by atoms with Gasteiger partial charge in [-0.05, 0) is 49.7 Å². The molecule has 2 fully saturated rings. The van der Waals surface area contributed by atoms with Crippen molar-refractivity contribution in [2.75, 3.05) is 5.75 Å². The maximum Gasteiger partial charge on any atom is 0.230 e. The highest BCUT2D eigenvalue weighted by Crippen LogP contribution is 2.44. The minimum absolute atomic E-state index is 0.154. The lowest BCUT2D eigenvalue weighted by molar-refractivity contribution is -0.119. The van der Waals surface area contributed by atoms with Crippen molar-refractivity contribution >= 4 is 28.7 Å². The van der Waals surface area contributed by atoms with Crippen LogP contribution in [-0.4, -0.2) is 27.3 Å². The van der Waals surface area contributed by atoms with E-state index >= 15 is 0 Å². The van der Waals surface area contributed by atoms with Gasteiger partial charge in [-0.3, -0.25) is 4.79 Å². The molecule has 4 rings (SSSR count). The van der Waals surface area contributed by atoms with Gasteiger partial charge >= 0.3 is 0 Å². The fourth-order valence-electron chi connectivity index (χ4n) is 3.14. The summed E-state index contributed by atoms with van der Waals surface area (Å²) in [5, 5.41) is 4.18. The molecule has 22 heavy (non-hydrogen) atoms. The minimum Gasteiger partial charge on any atom is -0.352 e. The number of nitrogens with one attached hydrogen (secondary N) is 1.